The van der Waals surface area contributed by atoms with Crippen LogP contribution in [0.3, 0.4) is 0 Å². The fourth-order valence-corrected chi connectivity index (χ4v) is 2.12. The van der Waals surface area contributed by atoms with Crippen molar-refractivity contribution in [1.82, 2.24) is 4.90 Å². The van der Waals surface area contributed by atoms with E-state index in [2.05, 4.69) is 17.0 Å². The van der Waals surface area contributed by atoms with E-state index in [0.717, 1.165) is 19.5 Å². The average Bonchev–Trinajstić information content (AvgIpc) is 2.16. The largest absolute Gasteiger partial charge is 0.409 e. The quantitative estimate of drug-likeness (QED) is 0.253. The van der Waals surface area contributed by atoms with E-state index >= 15 is 0 Å². The summed E-state index contributed by atoms with van der Waals surface area (Å²) >= 11 is 0. The van der Waals surface area contributed by atoms with Gasteiger partial charge in [0, 0.05) is 19.7 Å². The Labute approximate surface area is 84.2 Å². The average molecular weight is 201 g/mol. The van der Waals surface area contributed by atoms with Crippen LogP contribution in [0.1, 0.15) is 13.3 Å². The van der Waals surface area contributed by atoms with E-state index in [1.54, 1.807) is 0 Å². The molecule has 1 aliphatic heterocycles. The Hall–Kier alpha value is -0.810. The minimum atomic E-state index is 0.219. The van der Waals surface area contributed by atoms with Gasteiger partial charge in [-0.1, -0.05) is 12.1 Å². The van der Waals surface area contributed by atoms with Gasteiger partial charge < -0.3 is 16.0 Å². The molecule has 1 fully saturated rings. The molecule has 0 spiro atoms. The SMILES string of the molecule is CC1CC(CO)CN(C/C(N)=N/O)C1. The monoisotopic (exact) mass is 201 g/mol. The van der Waals surface area contributed by atoms with E-state index in [1.165, 1.54) is 0 Å². The summed E-state index contributed by atoms with van der Waals surface area (Å²) in [5.74, 6) is 1.12. The van der Waals surface area contributed by atoms with Crippen molar-refractivity contribution in [3.05, 3.63) is 0 Å². The highest BCUT2D eigenvalue weighted by Gasteiger charge is 2.24. The normalized spacial score (nSPS) is 30.6. The van der Waals surface area contributed by atoms with Gasteiger partial charge in [0.1, 0.15) is 0 Å². The van der Waals surface area contributed by atoms with Gasteiger partial charge in [0.05, 0.1) is 6.54 Å². The summed E-state index contributed by atoms with van der Waals surface area (Å²) in [6.45, 7) is 4.64. The lowest BCUT2D eigenvalue weighted by Gasteiger charge is -2.35. The highest BCUT2D eigenvalue weighted by molar-refractivity contribution is 5.81. The fraction of sp³-hybridized carbons (Fsp3) is 0.889. The van der Waals surface area contributed by atoms with Crippen molar-refractivity contribution in [2.75, 3.05) is 26.2 Å². The van der Waals surface area contributed by atoms with Crippen LogP contribution < -0.4 is 5.73 Å². The summed E-state index contributed by atoms with van der Waals surface area (Å²) in [5, 5.41) is 20.5. The molecular weight excluding hydrogens is 182 g/mol. The van der Waals surface area contributed by atoms with Gasteiger partial charge >= 0.3 is 0 Å². The molecule has 1 rings (SSSR count). The third-order valence-electron chi connectivity index (χ3n) is 2.59. The molecule has 0 saturated carbocycles. The Kier molecular flexibility index (Phi) is 4.16. The predicted molar refractivity (Wildman–Crippen MR) is 54.2 cm³/mol. The highest BCUT2D eigenvalue weighted by Crippen LogP contribution is 2.20. The van der Waals surface area contributed by atoms with Crippen molar-refractivity contribution >= 4 is 5.84 Å². The topological polar surface area (TPSA) is 82.1 Å². The van der Waals surface area contributed by atoms with Crippen LogP contribution in [-0.4, -0.2) is 47.3 Å². The molecule has 1 heterocycles. The fourth-order valence-electron chi connectivity index (χ4n) is 2.12. The van der Waals surface area contributed by atoms with Crippen LogP contribution in [0.25, 0.3) is 0 Å². The summed E-state index contributed by atoms with van der Waals surface area (Å²) in [6.07, 6.45) is 1.06. The summed E-state index contributed by atoms with van der Waals surface area (Å²) in [5.41, 5.74) is 5.43. The van der Waals surface area contributed by atoms with Gasteiger partial charge in [-0.25, -0.2) is 0 Å². The maximum atomic E-state index is 9.08. The first kappa shape index (κ1) is 11.3. The van der Waals surface area contributed by atoms with Gasteiger partial charge in [0.2, 0.25) is 0 Å². The molecule has 2 unspecified atom stereocenters. The summed E-state index contributed by atoms with van der Waals surface area (Å²) in [7, 11) is 0. The minimum Gasteiger partial charge on any atom is -0.409 e. The van der Waals surface area contributed by atoms with Crippen molar-refractivity contribution < 1.29 is 10.3 Å². The number of aliphatic hydroxyl groups excluding tert-OH is 1. The summed E-state index contributed by atoms with van der Waals surface area (Å²) < 4.78 is 0. The number of aliphatic hydroxyl groups is 1. The van der Waals surface area contributed by atoms with E-state index < -0.39 is 0 Å². The molecule has 1 aliphatic rings. The Morgan fingerprint density at radius 3 is 2.86 bits per heavy atom. The second kappa shape index (κ2) is 5.17. The number of likely N-dealkylation sites (tertiary alicyclic amines) is 1. The van der Waals surface area contributed by atoms with E-state index in [0.29, 0.717) is 18.4 Å². The molecule has 1 saturated heterocycles. The van der Waals surface area contributed by atoms with Gasteiger partial charge in [-0.05, 0) is 18.3 Å². The summed E-state index contributed by atoms with van der Waals surface area (Å²) in [6, 6.07) is 0. The molecule has 0 aliphatic carbocycles. The first-order valence-corrected chi connectivity index (χ1v) is 4.95. The van der Waals surface area contributed by atoms with E-state index in [1.807, 2.05) is 0 Å². The molecule has 2 atom stereocenters. The Bertz CT molecular complexity index is 208. The van der Waals surface area contributed by atoms with E-state index in [9.17, 15) is 0 Å². The van der Waals surface area contributed by atoms with Crippen LogP contribution in [0.4, 0.5) is 0 Å². The third kappa shape index (κ3) is 3.16. The number of hydrogen-bond donors (Lipinski definition) is 3. The molecule has 0 aromatic rings. The number of nitrogens with two attached hydrogens (primary N) is 1. The molecule has 5 nitrogen and oxygen atoms in total. The highest BCUT2D eigenvalue weighted by atomic mass is 16.4. The Morgan fingerprint density at radius 1 is 1.57 bits per heavy atom. The van der Waals surface area contributed by atoms with Crippen molar-refractivity contribution in [1.29, 1.82) is 0 Å². The number of oxime groups is 1. The molecule has 0 amide bonds. The zero-order chi connectivity index (χ0) is 10.6. The van der Waals surface area contributed by atoms with Crippen LogP contribution in [0.15, 0.2) is 5.16 Å². The van der Waals surface area contributed by atoms with E-state index in [-0.39, 0.29) is 12.4 Å². The molecule has 4 N–H and O–H groups in total. The second-order valence-electron chi connectivity index (χ2n) is 4.17. The smallest absolute Gasteiger partial charge is 0.153 e. The Balaban J connectivity index is 2.45. The van der Waals surface area contributed by atoms with Crippen molar-refractivity contribution in [3.8, 4) is 0 Å². The first-order chi connectivity index (χ1) is 6.65. The standard InChI is InChI=1S/C9H19N3O2/c1-7-2-8(6-13)4-12(3-7)5-9(10)11-14/h7-8,13-14H,2-6H2,1H3,(H2,10,11). The number of amidine groups is 1. The van der Waals surface area contributed by atoms with Crippen LogP contribution in [-0.2, 0) is 0 Å². The predicted octanol–water partition coefficient (Wildman–Crippen LogP) is -0.317. The van der Waals surface area contributed by atoms with Crippen LogP contribution in [0.5, 0.6) is 0 Å². The van der Waals surface area contributed by atoms with Gasteiger partial charge in [0.25, 0.3) is 0 Å². The minimum absolute atomic E-state index is 0.219. The van der Waals surface area contributed by atoms with Gasteiger partial charge in [-0.2, -0.15) is 0 Å². The maximum Gasteiger partial charge on any atom is 0.153 e. The molecule has 0 radical (unpaired) electrons. The zero-order valence-corrected chi connectivity index (χ0v) is 8.56. The number of nitrogens with zero attached hydrogens (tertiary/aromatic N) is 2. The van der Waals surface area contributed by atoms with Gasteiger partial charge in [-0.3, -0.25) is 4.90 Å². The van der Waals surface area contributed by atoms with E-state index in [4.69, 9.17) is 16.0 Å². The zero-order valence-electron chi connectivity index (χ0n) is 8.56. The maximum absolute atomic E-state index is 9.08. The number of hydrogen-bond acceptors (Lipinski definition) is 4. The lowest BCUT2D eigenvalue weighted by molar-refractivity contribution is 0.100. The van der Waals surface area contributed by atoms with Crippen LogP contribution in [0, 0.1) is 11.8 Å². The van der Waals surface area contributed by atoms with Gasteiger partial charge in [-0.15, -0.1) is 0 Å². The molecule has 0 aromatic heterocycles. The van der Waals surface area contributed by atoms with Crippen molar-refractivity contribution in [2.45, 2.75) is 13.3 Å². The first-order valence-electron chi connectivity index (χ1n) is 4.95. The molecule has 5 heteroatoms. The lowest BCUT2D eigenvalue weighted by atomic mass is 9.91. The van der Waals surface area contributed by atoms with Gasteiger partial charge in [0.15, 0.2) is 5.84 Å². The van der Waals surface area contributed by atoms with Crippen molar-refractivity contribution in [3.63, 3.8) is 0 Å². The molecule has 0 bridgehead atoms. The number of rotatable bonds is 3. The third-order valence-corrected chi connectivity index (χ3v) is 2.59. The van der Waals surface area contributed by atoms with Crippen LogP contribution >= 0.6 is 0 Å². The Morgan fingerprint density at radius 2 is 2.29 bits per heavy atom. The molecule has 82 valence electrons. The number of piperidine rings is 1. The molecular formula is C9H19N3O2. The molecule has 14 heavy (non-hydrogen) atoms. The molecule has 0 aromatic carbocycles. The summed E-state index contributed by atoms with van der Waals surface area (Å²) in [4.78, 5) is 2.12. The van der Waals surface area contributed by atoms with Crippen molar-refractivity contribution in [2.24, 2.45) is 22.7 Å². The second-order valence-corrected chi connectivity index (χ2v) is 4.17. The lowest BCUT2D eigenvalue weighted by Crippen LogP contribution is -2.44. The van der Waals surface area contributed by atoms with Crippen LogP contribution in [0.2, 0.25) is 0 Å².